The van der Waals surface area contributed by atoms with Gasteiger partial charge in [-0.2, -0.15) is 5.10 Å². The first-order valence-electron chi connectivity index (χ1n) is 8.18. The van der Waals surface area contributed by atoms with Crippen LogP contribution in [0, 0.1) is 19.8 Å². The first-order chi connectivity index (χ1) is 11.3. The van der Waals surface area contributed by atoms with Crippen molar-refractivity contribution in [1.82, 2.24) is 15.1 Å². The van der Waals surface area contributed by atoms with Crippen molar-refractivity contribution in [3.8, 4) is 0 Å². The van der Waals surface area contributed by atoms with Gasteiger partial charge in [0.2, 0.25) is 0 Å². The SMILES string of the molecule is Cc1cc(C)n(Cc2cccc(NC(=O)NC[C@H](O)C(C)C)c2)n1. The number of hydrogen-bond acceptors (Lipinski definition) is 3. The zero-order valence-electron chi connectivity index (χ0n) is 14.7. The van der Waals surface area contributed by atoms with E-state index in [2.05, 4.69) is 15.7 Å². The summed E-state index contributed by atoms with van der Waals surface area (Å²) < 4.78 is 1.94. The molecule has 0 bridgehead atoms. The fraction of sp³-hybridized carbons (Fsp3) is 0.444. The van der Waals surface area contributed by atoms with Gasteiger partial charge in [0.25, 0.3) is 0 Å². The second kappa shape index (κ2) is 7.97. The molecular weight excluding hydrogens is 304 g/mol. The molecule has 1 aromatic carbocycles. The third-order valence-corrected chi connectivity index (χ3v) is 3.86. The molecule has 2 aromatic rings. The number of aryl methyl sites for hydroxylation is 2. The molecule has 0 aliphatic rings. The van der Waals surface area contributed by atoms with E-state index in [-0.39, 0.29) is 18.5 Å². The number of rotatable bonds is 6. The summed E-state index contributed by atoms with van der Waals surface area (Å²) in [6.45, 7) is 8.70. The minimum absolute atomic E-state index is 0.106. The Labute approximate surface area is 142 Å². The minimum atomic E-state index is -0.548. The van der Waals surface area contributed by atoms with Crippen LogP contribution < -0.4 is 10.6 Å². The van der Waals surface area contributed by atoms with E-state index in [1.54, 1.807) is 0 Å². The van der Waals surface area contributed by atoms with Crippen molar-refractivity contribution in [3.05, 3.63) is 47.3 Å². The van der Waals surface area contributed by atoms with E-state index in [1.165, 1.54) is 0 Å². The topological polar surface area (TPSA) is 79.2 Å². The zero-order chi connectivity index (χ0) is 17.7. The molecule has 2 amide bonds. The summed E-state index contributed by atoms with van der Waals surface area (Å²) in [5.41, 5.74) is 3.86. The van der Waals surface area contributed by atoms with Crippen LogP contribution in [-0.2, 0) is 6.54 Å². The summed E-state index contributed by atoms with van der Waals surface area (Å²) in [5.74, 6) is 0.106. The summed E-state index contributed by atoms with van der Waals surface area (Å²) in [4.78, 5) is 11.9. The molecule has 0 aliphatic carbocycles. The van der Waals surface area contributed by atoms with Gasteiger partial charge in [-0.3, -0.25) is 4.68 Å². The van der Waals surface area contributed by atoms with Crippen molar-refractivity contribution in [2.45, 2.75) is 40.3 Å². The van der Waals surface area contributed by atoms with Crippen LogP contribution in [-0.4, -0.2) is 33.6 Å². The molecule has 0 radical (unpaired) electrons. The third kappa shape index (κ3) is 5.09. The number of hydrogen-bond donors (Lipinski definition) is 3. The first-order valence-corrected chi connectivity index (χ1v) is 8.18. The van der Waals surface area contributed by atoms with Crippen molar-refractivity contribution in [1.29, 1.82) is 0 Å². The van der Waals surface area contributed by atoms with E-state index in [4.69, 9.17) is 0 Å². The summed E-state index contributed by atoms with van der Waals surface area (Å²) in [5, 5.41) is 19.6. The lowest BCUT2D eigenvalue weighted by atomic mass is 10.1. The van der Waals surface area contributed by atoms with Crippen LogP contribution in [0.4, 0.5) is 10.5 Å². The molecule has 0 spiro atoms. The van der Waals surface area contributed by atoms with Crippen LogP contribution in [0.2, 0.25) is 0 Å². The van der Waals surface area contributed by atoms with Crippen LogP contribution in [0.1, 0.15) is 30.8 Å². The Balaban J connectivity index is 1.95. The van der Waals surface area contributed by atoms with Crippen molar-refractivity contribution >= 4 is 11.7 Å². The number of aliphatic hydroxyl groups is 1. The predicted molar refractivity (Wildman–Crippen MR) is 95.1 cm³/mol. The second-order valence-electron chi connectivity index (χ2n) is 6.43. The fourth-order valence-electron chi connectivity index (χ4n) is 2.36. The largest absolute Gasteiger partial charge is 0.391 e. The molecule has 0 fully saturated rings. The van der Waals surface area contributed by atoms with Crippen molar-refractivity contribution < 1.29 is 9.90 Å². The molecular formula is C18H26N4O2. The Morgan fingerprint density at radius 1 is 1.29 bits per heavy atom. The van der Waals surface area contributed by atoms with E-state index in [9.17, 15) is 9.90 Å². The van der Waals surface area contributed by atoms with Gasteiger partial charge in [0.15, 0.2) is 0 Å². The Bertz CT molecular complexity index is 694. The lowest BCUT2D eigenvalue weighted by Gasteiger charge is -2.15. The van der Waals surface area contributed by atoms with Gasteiger partial charge < -0.3 is 15.7 Å². The lowest BCUT2D eigenvalue weighted by Crippen LogP contribution is -2.37. The molecule has 6 heteroatoms. The third-order valence-electron chi connectivity index (χ3n) is 3.86. The van der Waals surface area contributed by atoms with E-state index < -0.39 is 6.10 Å². The lowest BCUT2D eigenvalue weighted by molar-refractivity contribution is 0.126. The highest BCUT2D eigenvalue weighted by atomic mass is 16.3. The van der Waals surface area contributed by atoms with E-state index in [0.717, 1.165) is 17.0 Å². The van der Waals surface area contributed by atoms with Crippen LogP contribution in [0.15, 0.2) is 30.3 Å². The van der Waals surface area contributed by atoms with Crippen LogP contribution in [0.25, 0.3) is 0 Å². The van der Waals surface area contributed by atoms with Crippen molar-refractivity contribution in [2.24, 2.45) is 5.92 Å². The second-order valence-corrected chi connectivity index (χ2v) is 6.43. The van der Waals surface area contributed by atoms with Crippen LogP contribution in [0.5, 0.6) is 0 Å². The van der Waals surface area contributed by atoms with E-state index in [0.29, 0.717) is 12.2 Å². The van der Waals surface area contributed by atoms with Gasteiger partial charge in [-0.05, 0) is 43.5 Å². The maximum atomic E-state index is 11.9. The maximum absolute atomic E-state index is 11.9. The summed E-state index contributed by atoms with van der Waals surface area (Å²) in [7, 11) is 0. The van der Waals surface area contributed by atoms with E-state index >= 15 is 0 Å². The van der Waals surface area contributed by atoms with Gasteiger partial charge in [0.1, 0.15) is 0 Å². The Morgan fingerprint density at radius 2 is 2.04 bits per heavy atom. The molecule has 0 unspecified atom stereocenters. The molecule has 0 saturated heterocycles. The average molecular weight is 330 g/mol. The van der Waals surface area contributed by atoms with Gasteiger partial charge in [-0.1, -0.05) is 26.0 Å². The Hall–Kier alpha value is -2.34. The van der Waals surface area contributed by atoms with Gasteiger partial charge in [-0.15, -0.1) is 0 Å². The smallest absolute Gasteiger partial charge is 0.319 e. The van der Waals surface area contributed by atoms with Gasteiger partial charge in [-0.25, -0.2) is 4.79 Å². The fourth-order valence-corrected chi connectivity index (χ4v) is 2.36. The number of anilines is 1. The van der Waals surface area contributed by atoms with Crippen LogP contribution >= 0.6 is 0 Å². The molecule has 1 heterocycles. The molecule has 0 saturated carbocycles. The monoisotopic (exact) mass is 330 g/mol. The number of nitrogens with zero attached hydrogens (tertiary/aromatic N) is 2. The summed E-state index contributed by atoms with van der Waals surface area (Å²) >= 11 is 0. The highest BCUT2D eigenvalue weighted by Gasteiger charge is 2.11. The number of nitrogens with one attached hydrogen (secondary N) is 2. The quantitative estimate of drug-likeness (QED) is 0.762. The molecule has 2 rings (SSSR count). The average Bonchev–Trinajstić information content (AvgIpc) is 2.82. The van der Waals surface area contributed by atoms with E-state index in [1.807, 2.05) is 62.7 Å². The molecule has 130 valence electrons. The number of urea groups is 1. The molecule has 1 aromatic heterocycles. The summed E-state index contributed by atoms with van der Waals surface area (Å²) in [6.07, 6.45) is -0.548. The molecule has 6 nitrogen and oxygen atoms in total. The van der Waals surface area contributed by atoms with Crippen molar-refractivity contribution in [2.75, 3.05) is 11.9 Å². The Kier molecular flexibility index (Phi) is 5.98. The highest BCUT2D eigenvalue weighted by molar-refractivity contribution is 5.89. The standard InChI is InChI=1S/C18H26N4O2/c1-12(2)17(23)10-19-18(24)20-16-7-5-6-15(9-16)11-22-14(4)8-13(3)21-22/h5-9,12,17,23H,10-11H2,1-4H3,(H2,19,20,24)/t17-/m0/s1. The normalized spacial score (nSPS) is 12.2. The number of benzene rings is 1. The van der Waals surface area contributed by atoms with Gasteiger partial charge in [0.05, 0.1) is 18.3 Å². The molecule has 3 N–H and O–H groups in total. The number of carbonyl (C=O) groups excluding carboxylic acids is 1. The molecule has 1 atom stereocenters. The predicted octanol–water partition coefficient (Wildman–Crippen LogP) is 2.69. The highest BCUT2D eigenvalue weighted by Crippen LogP contribution is 2.13. The zero-order valence-corrected chi connectivity index (χ0v) is 14.7. The summed E-state index contributed by atoms with van der Waals surface area (Å²) in [6, 6.07) is 9.38. The minimum Gasteiger partial charge on any atom is -0.391 e. The number of aromatic nitrogens is 2. The first kappa shape index (κ1) is 18.0. The number of carbonyl (C=O) groups is 1. The van der Waals surface area contributed by atoms with Gasteiger partial charge in [0, 0.05) is 17.9 Å². The number of aliphatic hydroxyl groups excluding tert-OH is 1. The Morgan fingerprint density at radius 3 is 2.67 bits per heavy atom. The molecule has 0 aliphatic heterocycles. The van der Waals surface area contributed by atoms with Crippen molar-refractivity contribution in [3.63, 3.8) is 0 Å². The molecule has 24 heavy (non-hydrogen) atoms. The van der Waals surface area contributed by atoms with Crippen LogP contribution in [0.3, 0.4) is 0 Å². The van der Waals surface area contributed by atoms with Gasteiger partial charge >= 0.3 is 6.03 Å². The maximum Gasteiger partial charge on any atom is 0.319 e. The number of amides is 2.